The number of methoxy groups -OCH3 is 1. The average molecular weight is 295 g/mol. The zero-order valence-corrected chi connectivity index (χ0v) is 12.7. The molecule has 0 aliphatic carbocycles. The van der Waals surface area contributed by atoms with Crippen molar-refractivity contribution in [2.45, 2.75) is 19.4 Å². The van der Waals surface area contributed by atoms with Gasteiger partial charge in [0.25, 0.3) is 10.2 Å². The first kappa shape index (κ1) is 17.8. The molecule has 0 fully saturated rings. The number of hydrogen-bond acceptors (Lipinski definition) is 5. The summed E-state index contributed by atoms with van der Waals surface area (Å²) < 4.78 is 31.3. The lowest BCUT2D eigenvalue weighted by Gasteiger charge is -2.22. The Bertz CT molecular complexity index is 421. The number of hydrogen-bond donors (Lipinski definition) is 1. The number of amides is 1. The zero-order valence-electron chi connectivity index (χ0n) is 11.8. The Labute approximate surface area is 113 Å². The third-order valence-electron chi connectivity index (χ3n) is 2.41. The molecule has 0 aliphatic rings. The van der Waals surface area contributed by atoms with Crippen LogP contribution in [-0.2, 0) is 24.5 Å². The van der Waals surface area contributed by atoms with Crippen LogP contribution in [0.15, 0.2) is 0 Å². The number of nitrogens with one attached hydrogen (secondary N) is 1. The lowest BCUT2D eigenvalue weighted by molar-refractivity contribution is -0.140. The van der Waals surface area contributed by atoms with Crippen LogP contribution in [0.1, 0.15) is 13.3 Å². The van der Waals surface area contributed by atoms with E-state index in [1.165, 1.54) is 40.1 Å². The van der Waals surface area contributed by atoms with Gasteiger partial charge in [-0.25, -0.2) is 0 Å². The number of likely N-dealkylation sites (N-methyl/N-ethyl adjacent to an activating group) is 1. The van der Waals surface area contributed by atoms with Gasteiger partial charge in [0.15, 0.2) is 0 Å². The summed E-state index contributed by atoms with van der Waals surface area (Å²) in [4.78, 5) is 23.8. The topological polar surface area (TPSA) is 96.0 Å². The zero-order chi connectivity index (χ0) is 15.2. The predicted molar refractivity (Wildman–Crippen MR) is 69.5 cm³/mol. The standard InChI is InChI=1S/C10H21N3O5S/c1-8(10(15)12(2)3)11-19(16,17)13(4)7-6-9(14)18-5/h8,11H,6-7H2,1-5H3. The van der Waals surface area contributed by atoms with Crippen LogP contribution in [0.5, 0.6) is 0 Å². The smallest absolute Gasteiger partial charge is 0.306 e. The van der Waals surface area contributed by atoms with E-state index in [1.807, 2.05) is 0 Å². The Morgan fingerprint density at radius 3 is 2.21 bits per heavy atom. The summed E-state index contributed by atoms with van der Waals surface area (Å²) in [6.07, 6.45) is -0.0517. The summed E-state index contributed by atoms with van der Waals surface area (Å²) in [5, 5.41) is 0. The summed E-state index contributed by atoms with van der Waals surface area (Å²) in [5.41, 5.74) is 0. The highest BCUT2D eigenvalue weighted by Crippen LogP contribution is 2.00. The van der Waals surface area contributed by atoms with Crippen molar-refractivity contribution in [3.05, 3.63) is 0 Å². The molecule has 8 nitrogen and oxygen atoms in total. The van der Waals surface area contributed by atoms with Crippen LogP contribution in [0.2, 0.25) is 0 Å². The Morgan fingerprint density at radius 2 is 1.79 bits per heavy atom. The van der Waals surface area contributed by atoms with Crippen molar-refractivity contribution in [3.63, 3.8) is 0 Å². The van der Waals surface area contributed by atoms with Gasteiger partial charge in [-0.2, -0.15) is 17.4 Å². The van der Waals surface area contributed by atoms with E-state index in [-0.39, 0.29) is 18.9 Å². The van der Waals surface area contributed by atoms with Gasteiger partial charge in [-0.05, 0) is 6.92 Å². The summed E-state index contributed by atoms with van der Waals surface area (Å²) >= 11 is 0. The fourth-order valence-corrected chi connectivity index (χ4v) is 2.28. The molecule has 0 aromatic heterocycles. The second kappa shape index (κ2) is 7.41. The summed E-state index contributed by atoms with van der Waals surface area (Å²) in [6.45, 7) is 1.43. The van der Waals surface area contributed by atoms with Crippen LogP contribution in [0.3, 0.4) is 0 Å². The van der Waals surface area contributed by atoms with Crippen molar-refractivity contribution in [2.24, 2.45) is 0 Å². The number of ether oxygens (including phenoxy) is 1. The maximum absolute atomic E-state index is 11.9. The van der Waals surface area contributed by atoms with Crippen molar-refractivity contribution >= 4 is 22.1 Å². The van der Waals surface area contributed by atoms with Crippen molar-refractivity contribution in [1.29, 1.82) is 0 Å². The van der Waals surface area contributed by atoms with Crippen molar-refractivity contribution in [3.8, 4) is 0 Å². The van der Waals surface area contributed by atoms with Crippen LogP contribution >= 0.6 is 0 Å². The molecule has 0 spiro atoms. The molecule has 0 heterocycles. The van der Waals surface area contributed by atoms with E-state index in [1.54, 1.807) is 0 Å². The average Bonchev–Trinajstić information content (AvgIpc) is 2.33. The van der Waals surface area contributed by atoms with Crippen LogP contribution in [0.4, 0.5) is 0 Å². The van der Waals surface area contributed by atoms with E-state index in [0.717, 1.165) is 4.31 Å². The van der Waals surface area contributed by atoms with E-state index in [0.29, 0.717) is 0 Å². The molecule has 1 unspecified atom stereocenters. The van der Waals surface area contributed by atoms with Gasteiger partial charge in [-0.15, -0.1) is 0 Å². The van der Waals surface area contributed by atoms with Crippen molar-refractivity contribution in [1.82, 2.24) is 13.9 Å². The van der Waals surface area contributed by atoms with E-state index in [2.05, 4.69) is 9.46 Å². The number of esters is 1. The van der Waals surface area contributed by atoms with Gasteiger partial charge >= 0.3 is 5.97 Å². The molecule has 0 bridgehead atoms. The SMILES string of the molecule is COC(=O)CCN(C)S(=O)(=O)NC(C)C(=O)N(C)C. The van der Waals surface area contributed by atoms with Gasteiger partial charge in [0.05, 0.1) is 19.6 Å². The second-order valence-electron chi connectivity index (χ2n) is 4.22. The van der Waals surface area contributed by atoms with Crippen LogP contribution in [0.25, 0.3) is 0 Å². The number of nitrogens with zero attached hydrogens (tertiary/aromatic N) is 2. The molecule has 1 atom stereocenters. The molecule has 0 aromatic rings. The lowest BCUT2D eigenvalue weighted by Crippen LogP contribution is -2.49. The van der Waals surface area contributed by atoms with Gasteiger partial charge < -0.3 is 9.64 Å². The number of rotatable bonds is 7. The van der Waals surface area contributed by atoms with Crippen LogP contribution in [0, 0.1) is 0 Å². The summed E-state index contributed by atoms with van der Waals surface area (Å²) in [5.74, 6) is -0.857. The first-order chi connectivity index (χ1) is 8.61. The quantitative estimate of drug-likeness (QED) is 0.595. The largest absolute Gasteiger partial charge is 0.469 e. The van der Waals surface area contributed by atoms with Gasteiger partial charge in [-0.1, -0.05) is 0 Å². The molecule has 0 aromatic carbocycles. The fourth-order valence-electron chi connectivity index (χ4n) is 1.22. The molecule has 0 aliphatic heterocycles. The molecule has 1 amide bonds. The molecule has 0 saturated heterocycles. The first-order valence-electron chi connectivity index (χ1n) is 5.63. The lowest BCUT2D eigenvalue weighted by atomic mass is 10.3. The summed E-state index contributed by atoms with van der Waals surface area (Å²) in [6, 6.07) is -0.874. The normalized spacial score (nSPS) is 13.2. The predicted octanol–water partition coefficient (Wildman–Crippen LogP) is -1.21. The van der Waals surface area contributed by atoms with Crippen molar-refractivity contribution < 1.29 is 22.7 Å². The minimum atomic E-state index is -3.81. The molecule has 9 heteroatoms. The Kier molecular flexibility index (Phi) is 6.95. The minimum absolute atomic E-state index is 0.0229. The third kappa shape index (κ3) is 5.99. The maximum Gasteiger partial charge on any atom is 0.306 e. The molecule has 19 heavy (non-hydrogen) atoms. The molecule has 1 N–H and O–H groups in total. The maximum atomic E-state index is 11.9. The monoisotopic (exact) mass is 295 g/mol. The Hall–Kier alpha value is -1.19. The summed E-state index contributed by atoms with van der Waals surface area (Å²) in [7, 11) is 1.80. The molecule has 112 valence electrons. The fraction of sp³-hybridized carbons (Fsp3) is 0.800. The van der Waals surface area contributed by atoms with Crippen LogP contribution in [-0.4, -0.2) is 70.3 Å². The van der Waals surface area contributed by atoms with E-state index >= 15 is 0 Å². The van der Waals surface area contributed by atoms with Gasteiger partial charge in [-0.3, -0.25) is 9.59 Å². The third-order valence-corrected chi connectivity index (χ3v) is 4.06. The molecule has 0 saturated carbocycles. The highest BCUT2D eigenvalue weighted by molar-refractivity contribution is 7.87. The van der Waals surface area contributed by atoms with Crippen LogP contribution < -0.4 is 4.72 Å². The number of carbonyl (C=O) groups excluding carboxylic acids is 2. The Morgan fingerprint density at radius 1 is 1.26 bits per heavy atom. The molecular formula is C10H21N3O5S. The van der Waals surface area contributed by atoms with Gasteiger partial charge in [0.2, 0.25) is 5.91 Å². The highest BCUT2D eigenvalue weighted by atomic mass is 32.2. The van der Waals surface area contributed by atoms with Gasteiger partial charge in [0.1, 0.15) is 0 Å². The minimum Gasteiger partial charge on any atom is -0.469 e. The van der Waals surface area contributed by atoms with E-state index in [9.17, 15) is 18.0 Å². The van der Waals surface area contributed by atoms with Crippen molar-refractivity contribution in [2.75, 3.05) is 34.8 Å². The highest BCUT2D eigenvalue weighted by Gasteiger charge is 2.25. The number of carbonyl (C=O) groups is 2. The molecular weight excluding hydrogens is 274 g/mol. The van der Waals surface area contributed by atoms with Gasteiger partial charge in [0, 0.05) is 27.7 Å². The second-order valence-corrected chi connectivity index (χ2v) is 6.03. The molecule has 0 radical (unpaired) electrons. The van der Waals surface area contributed by atoms with E-state index in [4.69, 9.17) is 0 Å². The van der Waals surface area contributed by atoms with E-state index < -0.39 is 22.2 Å². The first-order valence-corrected chi connectivity index (χ1v) is 7.07. The molecule has 0 rings (SSSR count). The Balaban J connectivity index is 4.53.